The Kier molecular flexibility index (Phi) is 6.22. The number of hydrogen-bond donors (Lipinski definition) is 1. The van der Waals surface area contributed by atoms with E-state index in [4.69, 9.17) is 10.5 Å². The first-order valence-corrected chi connectivity index (χ1v) is 6.22. The summed E-state index contributed by atoms with van der Waals surface area (Å²) >= 11 is 0. The average Bonchev–Trinajstić information content (AvgIpc) is 2.65. The van der Waals surface area contributed by atoms with Crippen LogP contribution in [0.15, 0.2) is 0 Å². The molecule has 0 bridgehead atoms. The highest BCUT2D eigenvalue weighted by Crippen LogP contribution is 2.13. The maximum Gasteiger partial charge on any atom is 0.0593 e. The highest BCUT2D eigenvalue weighted by Gasteiger charge is 2.20. The summed E-state index contributed by atoms with van der Waals surface area (Å²) in [4.78, 5) is 2.47. The summed E-state index contributed by atoms with van der Waals surface area (Å²) in [7, 11) is 0. The molecule has 0 radical (unpaired) electrons. The lowest BCUT2D eigenvalue weighted by molar-refractivity contribution is 0.102. The number of nitrogens with zero attached hydrogens (tertiary/aromatic N) is 1. The van der Waals surface area contributed by atoms with Crippen molar-refractivity contribution in [1.82, 2.24) is 4.90 Å². The summed E-state index contributed by atoms with van der Waals surface area (Å²) in [6.45, 7) is 10.5. The van der Waals surface area contributed by atoms with Gasteiger partial charge in [-0.25, -0.2) is 0 Å². The highest BCUT2D eigenvalue weighted by molar-refractivity contribution is 4.75. The lowest BCUT2D eigenvalue weighted by Crippen LogP contribution is -2.27. The summed E-state index contributed by atoms with van der Waals surface area (Å²) in [5, 5.41) is 0. The summed E-state index contributed by atoms with van der Waals surface area (Å²) in [6.07, 6.45) is 2.44. The van der Waals surface area contributed by atoms with Gasteiger partial charge in [-0.3, -0.25) is 0 Å². The quantitative estimate of drug-likeness (QED) is 0.650. The molecule has 1 aliphatic heterocycles. The van der Waals surface area contributed by atoms with Gasteiger partial charge in [-0.05, 0) is 37.8 Å². The van der Waals surface area contributed by atoms with Gasteiger partial charge in [0.15, 0.2) is 0 Å². The molecular formula is C12H26N2O. The molecule has 1 atom stereocenters. The van der Waals surface area contributed by atoms with Crippen LogP contribution in [-0.4, -0.2) is 44.3 Å². The van der Waals surface area contributed by atoms with Crippen molar-refractivity contribution in [2.24, 2.45) is 17.6 Å². The maximum atomic E-state index is 5.65. The topological polar surface area (TPSA) is 38.5 Å². The van der Waals surface area contributed by atoms with Crippen LogP contribution in [0.3, 0.4) is 0 Å². The van der Waals surface area contributed by atoms with E-state index in [2.05, 4.69) is 18.7 Å². The molecular weight excluding hydrogens is 188 g/mol. The summed E-state index contributed by atoms with van der Waals surface area (Å²) < 4.78 is 5.60. The van der Waals surface area contributed by atoms with Gasteiger partial charge in [-0.15, -0.1) is 0 Å². The molecule has 0 amide bonds. The van der Waals surface area contributed by atoms with Crippen molar-refractivity contribution < 1.29 is 4.74 Å². The van der Waals surface area contributed by atoms with Crippen LogP contribution in [0.2, 0.25) is 0 Å². The first kappa shape index (κ1) is 12.9. The molecule has 1 fully saturated rings. The Morgan fingerprint density at radius 2 is 2.20 bits per heavy atom. The molecule has 1 aliphatic rings. The van der Waals surface area contributed by atoms with E-state index in [0.717, 1.165) is 38.1 Å². The third-order valence-corrected chi connectivity index (χ3v) is 3.09. The Hall–Kier alpha value is -0.120. The summed E-state index contributed by atoms with van der Waals surface area (Å²) in [5.41, 5.74) is 5.65. The summed E-state index contributed by atoms with van der Waals surface area (Å²) in [5.74, 6) is 1.47. The molecule has 90 valence electrons. The van der Waals surface area contributed by atoms with E-state index in [1.165, 1.54) is 25.9 Å². The fourth-order valence-corrected chi connectivity index (χ4v) is 1.92. The van der Waals surface area contributed by atoms with Gasteiger partial charge in [0.1, 0.15) is 0 Å². The van der Waals surface area contributed by atoms with Crippen LogP contribution >= 0.6 is 0 Å². The minimum Gasteiger partial charge on any atom is -0.380 e. The van der Waals surface area contributed by atoms with Crippen molar-refractivity contribution in [1.29, 1.82) is 0 Å². The molecule has 0 aromatic heterocycles. The smallest absolute Gasteiger partial charge is 0.0593 e. The monoisotopic (exact) mass is 214 g/mol. The van der Waals surface area contributed by atoms with Gasteiger partial charge in [0, 0.05) is 19.7 Å². The molecule has 2 N–H and O–H groups in total. The lowest BCUT2D eigenvalue weighted by Gasteiger charge is -2.15. The van der Waals surface area contributed by atoms with Crippen molar-refractivity contribution in [3.63, 3.8) is 0 Å². The molecule has 0 aromatic carbocycles. The number of likely N-dealkylation sites (tertiary alicyclic amines) is 1. The van der Waals surface area contributed by atoms with Gasteiger partial charge in [0.2, 0.25) is 0 Å². The Bertz CT molecular complexity index is 162. The van der Waals surface area contributed by atoms with Gasteiger partial charge >= 0.3 is 0 Å². The predicted molar refractivity (Wildman–Crippen MR) is 63.9 cm³/mol. The van der Waals surface area contributed by atoms with Crippen molar-refractivity contribution >= 4 is 0 Å². The molecule has 15 heavy (non-hydrogen) atoms. The van der Waals surface area contributed by atoms with Crippen LogP contribution in [-0.2, 0) is 4.74 Å². The third kappa shape index (κ3) is 5.50. The van der Waals surface area contributed by atoms with Crippen LogP contribution in [0, 0.1) is 11.8 Å². The molecule has 1 unspecified atom stereocenters. The van der Waals surface area contributed by atoms with Crippen molar-refractivity contribution in [2.45, 2.75) is 26.7 Å². The van der Waals surface area contributed by atoms with Crippen LogP contribution in [0.4, 0.5) is 0 Å². The predicted octanol–water partition coefficient (Wildman–Crippen LogP) is 1.33. The molecule has 3 nitrogen and oxygen atoms in total. The van der Waals surface area contributed by atoms with Crippen LogP contribution in [0.5, 0.6) is 0 Å². The zero-order chi connectivity index (χ0) is 11.1. The van der Waals surface area contributed by atoms with Gasteiger partial charge in [-0.2, -0.15) is 0 Å². The minimum absolute atomic E-state index is 0.723. The highest BCUT2D eigenvalue weighted by atomic mass is 16.5. The molecule has 0 aliphatic carbocycles. The number of rotatable bonds is 7. The minimum atomic E-state index is 0.723. The zero-order valence-electron chi connectivity index (χ0n) is 10.2. The second-order valence-electron chi connectivity index (χ2n) is 4.99. The van der Waals surface area contributed by atoms with Gasteiger partial charge in [0.05, 0.1) is 6.61 Å². The van der Waals surface area contributed by atoms with Gasteiger partial charge < -0.3 is 15.4 Å². The standard InChI is InChI=1S/C12H26N2O/c1-11(2)4-7-15-8-6-14-5-3-12(9-13)10-14/h11-12H,3-10,13H2,1-2H3. The fraction of sp³-hybridized carbons (Fsp3) is 1.00. The third-order valence-electron chi connectivity index (χ3n) is 3.09. The van der Waals surface area contributed by atoms with E-state index in [0.29, 0.717) is 0 Å². The second kappa shape index (κ2) is 7.20. The van der Waals surface area contributed by atoms with Crippen LogP contribution in [0.1, 0.15) is 26.7 Å². The van der Waals surface area contributed by atoms with E-state index >= 15 is 0 Å². The first-order valence-electron chi connectivity index (χ1n) is 6.22. The molecule has 3 heteroatoms. The van der Waals surface area contributed by atoms with E-state index in [-0.39, 0.29) is 0 Å². The van der Waals surface area contributed by atoms with Gasteiger partial charge in [0.25, 0.3) is 0 Å². The fourth-order valence-electron chi connectivity index (χ4n) is 1.92. The van der Waals surface area contributed by atoms with E-state index in [1.54, 1.807) is 0 Å². The Morgan fingerprint density at radius 3 is 2.80 bits per heavy atom. The number of ether oxygens (including phenoxy) is 1. The molecule has 0 saturated carbocycles. The molecule has 1 rings (SSSR count). The lowest BCUT2D eigenvalue weighted by atomic mass is 10.1. The largest absolute Gasteiger partial charge is 0.380 e. The van der Waals surface area contributed by atoms with Crippen LogP contribution in [0.25, 0.3) is 0 Å². The zero-order valence-corrected chi connectivity index (χ0v) is 10.2. The maximum absolute atomic E-state index is 5.65. The summed E-state index contributed by atoms with van der Waals surface area (Å²) in [6, 6.07) is 0. The molecule has 1 saturated heterocycles. The van der Waals surface area contributed by atoms with Crippen LogP contribution < -0.4 is 5.73 Å². The Morgan fingerprint density at radius 1 is 1.40 bits per heavy atom. The number of nitrogens with two attached hydrogens (primary N) is 1. The molecule has 0 spiro atoms. The molecule has 0 aromatic rings. The number of hydrogen-bond acceptors (Lipinski definition) is 3. The average molecular weight is 214 g/mol. The Balaban J connectivity index is 1.92. The second-order valence-corrected chi connectivity index (χ2v) is 4.99. The normalized spacial score (nSPS) is 22.8. The van der Waals surface area contributed by atoms with Crippen molar-refractivity contribution in [3.8, 4) is 0 Å². The SMILES string of the molecule is CC(C)CCOCCN1CCC(CN)C1. The van der Waals surface area contributed by atoms with Crippen molar-refractivity contribution in [3.05, 3.63) is 0 Å². The van der Waals surface area contributed by atoms with E-state index < -0.39 is 0 Å². The first-order chi connectivity index (χ1) is 7.22. The van der Waals surface area contributed by atoms with E-state index in [1.807, 2.05) is 0 Å². The Labute approximate surface area is 94.0 Å². The van der Waals surface area contributed by atoms with E-state index in [9.17, 15) is 0 Å². The molecule has 1 heterocycles. The van der Waals surface area contributed by atoms with Crippen molar-refractivity contribution in [2.75, 3.05) is 39.4 Å². The van der Waals surface area contributed by atoms with Gasteiger partial charge in [-0.1, -0.05) is 13.8 Å².